The number of benzene rings is 2. The molecule has 0 aromatic heterocycles. The van der Waals surface area contributed by atoms with Gasteiger partial charge in [-0.3, -0.25) is 9.59 Å². The highest BCUT2D eigenvalue weighted by Gasteiger charge is 2.38. The Balaban J connectivity index is 1.65. The third-order valence-corrected chi connectivity index (χ3v) is 7.83. The number of carbonyl (C=O) groups excluding carboxylic acids is 2. The number of anilines is 1. The van der Waals surface area contributed by atoms with Crippen LogP contribution in [-0.2, 0) is 16.0 Å². The maximum atomic E-state index is 12.9. The molecule has 1 amide bonds. The van der Waals surface area contributed by atoms with Crippen molar-refractivity contribution in [3.05, 3.63) is 85.5 Å². The second kappa shape index (κ2) is 10.7. The number of rotatable bonds is 6. The van der Waals surface area contributed by atoms with Crippen molar-refractivity contribution < 1.29 is 9.59 Å². The van der Waals surface area contributed by atoms with Crippen molar-refractivity contribution in [2.24, 2.45) is 0 Å². The van der Waals surface area contributed by atoms with Gasteiger partial charge in [0.15, 0.2) is 5.78 Å². The summed E-state index contributed by atoms with van der Waals surface area (Å²) in [6, 6.07) is 15.2. The lowest BCUT2D eigenvalue weighted by molar-refractivity contribution is -0.116. The zero-order valence-electron chi connectivity index (χ0n) is 18.6. The lowest BCUT2D eigenvalue weighted by atomic mass is 9.77. The molecule has 34 heavy (non-hydrogen) atoms. The highest BCUT2D eigenvalue weighted by atomic mass is 35.5. The number of nitrogens with one attached hydrogen (secondary N) is 2. The largest absolute Gasteiger partial charge is 0.352 e. The molecule has 1 unspecified atom stereocenters. The Morgan fingerprint density at radius 1 is 1.21 bits per heavy atom. The van der Waals surface area contributed by atoms with E-state index in [1.54, 1.807) is 18.2 Å². The lowest BCUT2D eigenvalue weighted by Crippen LogP contribution is -2.32. The molecule has 0 spiro atoms. The van der Waals surface area contributed by atoms with E-state index >= 15 is 0 Å². The monoisotopic (exact) mass is 511 g/mol. The van der Waals surface area contributed by atoms with Gasteiger partial charge in [-0.15, -0.1) is 0 Å². The molecule has 2 aromatic carbocycles. The van der Waals surface area contributed by atoms with Crippen LogP contribution in [0, 0.1) is 11.3 Å². The van der Waals surface area contributed by atoms with Crippen LogP contribution in [0.3, 0.4) is 0 Å². The predicted molar refractivity (Wildman–Crippen MR) is 138 cm³/mol. The quantitative estimate of drug-likeness (QED) is 0.471. The Labute approximate surface area is 213 Å². The summed E-state index contributed by atoms with van der Waals surface area (Å²) in [5.41, 5.74) is 4.18. The maximum Gasteiger partial charge on any atom is 0.234 e. The molecule has 2 aliphatic rings. The Bertz CT molecular complexity index is 1260. The number of nitriles is 1. The molecule has 0 radical (unpaired) electrons. The molecule has 1 atom stereocenters. The van der Waals surface area contributed by atoms with Crippen molar-refractivity contribution >= 4 is 52.3 Å². The Kier molecular flexibility index (Phi) is 7.67. The molecule has 1 aliphatic carbocycles. The third-order valence-electron chi connectivity index (χ3n) is 5.98. The van der Waals surface area contributed by atoms with E-state index in [-0.39, 0.29) is 17.4 Å². The number of thioether (sulfide) groups is 1. The van der Waals surface area contributed by atoms with Gasteiger partial charge in [0.1, 0.15) is 0 Å². The SMILES string of the molecule is CCc1ccccc1NC(=O)CSC1=C(C#N)C(c2cccc(Cl)c2Cl)C2=C(CCCC2=O)N1. The summed E-state index contributed by atoms with van der Waals surface area (Å²) < 4.78 is 0. The summed E-state index contributed by atoms with van der Waals surface area (Å²) >= 11 is 14.1. The number of hydrogen-bond acceptors (Lipinski definition) is 5. The van der Waals surface area contributed by atoms with Crippen LogP contribution in [-0.4, -0.2) is 17.4 Å². The van der Waals surface area contributed by atoms with Crippen LogP contribution >= 0.6 is 35.0 Å². The summed E-state index contributed by atoms with van der Waals surface area (Å²) in [5, 5.41) is 17.6. The summed E-state index contributed by atoms with van der Waals surface area (Å²) in [5.74, 6) is -0.681. The number of ketones is 1. The minimum Gasteiger partial charge on any atom is -0.352 e. The fourth-order valence-electron chi connectivity index (χ4n) is 4.37. The zero-order chi connectivity index (χ0) is 24.2. The van der Waals surface area contributed by atoms with E-state index in [1.165, 1.54) is 11.8 Å². The molecule has 8 heteroatoms. The van der Waals surface area contributed by atoms with Crippen LogP contribution in [0.4, 0.5) is 5.69 Å². The fraction of sp³-hybridized carbons (Fsp3) is 0.269. The minimum atomic E-state index is -0.619. The average Bonchev–Trinajstić information content (AvgIpc) is 2.84. The van der Waals surface area contributed by atoms with Gasteiger partial charge in [-0.1, -0.05) is 72.2 Å². The van der Waals surface area contributed by atoms with Gasteiger partial charge < -0.3 is 10.6 Å². The molecular formula is C26H23Cl2N3O2S. The van der Waals surface area contributed by atoms with E-state index in [9.17, 15) is 14.9 Å². The van der Waals surface area contributed by atoms with Crippen LogP contribution in [0.2, 0.25) is 10.0 Å². The maximum absolute atomic E-state index is 12.9. The van der Waals surface area contributed by atoms with Gasteiger partial charge in [-0.25, -0.2) is 0 Å². The number of Topliss-reactive ketones (excluding diaryl/α,β-unsaturated/α-hetero) is 1. The smallest absolute Gasteiger partial charge is 0.234 e. The lowest BCUT2D eigenvalue weighted by Gasteiger charge is -2.33. The highest BCUT2D eigenvalue weighted by Crippen LogP contribution is 2.46. The van der Waals surface area contributed by atoms with Crippen molar-refractivity contribution in [2.75, 3.05) is 11.1 Å². The molecule has 1 heterocycles. The summed E-state index contributed by atoms with van der Waals surface area (Å²) in [7, 11) is 0. The number of dihydropyridines is 1. The van der Waals surface area contributed by atoms with Gasteiger partial charge in [-0.2, -0.15) is 5.26 Å². The first-order valence-corrected chi connectivity index (χ1v) is 12.8. The molecule has 0 bridgehead atoms. The van der Waals surface area contributed by atoms with Crippen molar-refractivity contribution in [3.63, 3.8) is 0 Å². The second-order valence-electron chi connectivity index (χ2n) is 8.07. The van der Waals surface area contributed by atoms with Crippen LogP contribution < -0.4 is 10.6 Å². The summed E-state index contributed by atoms with van der Waals surface area (Å²) in [6.07, 6.45) is 2.65. The van der Waals surface area contributed by atoms with Crippen LogP contribution in [0.5, 0.6) is 0 Å². The van der Waals surface area contributed by atoms with Crippen molar-refractivity contribution in [1.82, 2.24) is 5.32 Å². The zero-order valence-corrected chi connectivity index (χ0v) is 20.9. The van der Waals surface area contributed by atoms with E-state index in [0.717, 1.165) is 29.8 Å². The standard InChI is InChI=1S/C26H23Cl2N3O2S/c1-2-15-7-3-4-10-19(15)30-22(33)14-34-26-17(13-29)23(16-8-5-9-18(27)25(16)28)24-20(31-26)11-6-12-21(24)32/h3-5,7-10,23,31H,2,6,11-12,14H2,1H3,(H,30,33). The molecule has 1 aliphatic heterocycles. The number of amides is 1. The predicted octanol–water partition coefficient (Wildman–Crippen LogP) is 6.36. The number of carbonyl (C=O) groups is 2. The van der Waals surface area contributed by atoms with E-state index in [2.05, 4.69) is 16.7 Å². The first-order chi connectivity index (χ1) is 16.4. The number of para-hydroxylation sites is 1. The molecular weight excluding hydrogens is 489 g/mol. The number of halogens is 2. The van der Waals surface area contributed by atoms with E-state index in [4.69, 9.17) is 23.2 Å². The van der Waals surface area contributed by atoms with Gasteiger partial charge in [0.05, 0.1) is 38.4 Å². The first-order valence-electron chi connectivity index (χ1n) is 11.1. The van der Waals surface area contributed by atoms with Gasteiger partial charge in [-0.05, 0) is 42.5 Å². The summed E-state index contributed by atoms with van der Waals surface area (Å²) in [4.78, 5) is 25.7. The fourth-order valence-corrected chi connectivity index (χ4v) is 5.65. The Morgan fingerprint density at radius 3 is 2.76 bits per heavy atom. The Morgan fingerprint density at radius 2 is 2.00 bits per heavy atom. The third kappa shape index (κ3) is 4.88. The Hall–Kier alpha value is -2.72. The molecule has 2 N–H and O–H groups in total. The average molecular weight is 512 g/mol. The van der Waals surface area contributed by atoms with Gasteiger partial charge in [0.2, 0.25) is 5.91 Å². The van der Waals surface area contributed by atoms with Crippen molar-refractivity contribution in [3.8, 4) is 6.07 Å². The molecule has 0 saturated heterocycles. The second-order valence-corrected chi connectivity index (χ2v) is 9.84. The van der Waals surface area contributed by atoms with Crippen molar-refractivity contribution in [1.29, 1.82) is 5.26 Å². The van der Waals surface area contributed by atoms with Crippen LogP contribution in [0.1, 0.15) is 43.2 Å². The van der Waals surface area contributed by atoms with Crippen molar-refractivity contribution in [2.45, 2.75) is 38.5 Å². The normalized spacial score (nSPS) is 17.7. The highest BCUT2D eigenvalue weighted by molar-refractivity contribution is 8.03. The molecule has 4 rings (SSSR count). The molecule has 0 saturated carbocycles. The number of allylic oxidation sites excluding steroid dienone is 3. The molecule has 2 aromatic rings. The number of nitrogens with zero attached hydrogens (tertiary/aromatic N) is 1. The van der Waals surface area contributed by atoms with E-state index in [0.29, 0.717) is 44.6 Å². The molecule has 174 valence electrons. The summed E-state index contributed by atoms with van der Waals surface area (Å²) in [6.45, 7) is 2.04. The van der Waals surface area contributed by atoms with Gasteiger partial charge in [0, 0.05) is 23.4 Å². The van der Waals surface area contributed by atoms with Crippen LogP contribution in [0.15, 0.2) is 64.3 Å². The van der Waals surface area contributed by atoms with E-state index in [1.807, 2.05) is 31.2 Å². The first kappa shape index (κ1) is 24.4. The number of hydrogen-bond donors (Lipinski definition) is 2. The molecule has 0 fully saturated rings. The number of aryl methyl sites for hydroxylation is 1. The van der Waals surface area contributed by atoms with Crippen LogP contribution in [0.25, 0.3) is 0 Å². The van der Waals surface area contributed by atoms with E-state index < -0.39 is 5.92 Å². The minimum absolute atomic E-state index is 0.000470. The molecule has 5 nitrogen and oxygen atoms in total. The van der Waals surface area contributed by atoms with Gasteiger partial charge in [0.25, 0.3) is 0 Å². The van der Waals surface area contributed by atoms with Gasteiger partial charge >= 0.3 is 0 Å². The topological polar surface area (TPSA) is 82.0 Å².